The zero-order chi connectivity index (χ0) is 25.8. The van der Waals surface area contributed by atoms with Crippen molar-refractivity contribution in [3.05, 3.63) is 48.5 Å². The van der Waals surface area contributed by atoms with Gasteiger partial charge in [0.2, 0.25) is 10.0 Å². The van der Waals surface area contributed by atoms with Gasteiger partial charge in [0.05, 0.1) is 23.0 Å². The highest BCUT2D eigenvalue weighted by atomic mass is 32.2. The first-order chi connectivity index (χ1) is 17.1. The normalized spacial score (nSPS) is 17.7. The van der Waals surface area contributed by atoms with E-state index in [0.29, 0.717) is 44.8 Å². The van der Waals surface area contributed by atoms with Gasteiger partial charge in [0, 0.05) is 44.1 Å². The fraction of sp³-hybridized carbons (Fsp3) is 0.435. The quantitative estimate of drug-likeness (QED) is 0.463. The third-order valence-electron chi connectivity index (χ3n) is 6.37. The minimum absolute atomic E-state index is 0.00407. The van der Waals surface area contributed by atoms with Gasteiger partial charge in [-0.3, -0.25) is 4.72 Å². The Balaban J connectivity index is 1.39. The predicted molar refractivity (Wildman–Crippen MR) is 134 cm³/mol. The first-order valence-electron chi connectivity index (χ1n) is 11.7. The summed E-state index contributed by atoms with van der Waals surface area (Å²) in [6.07, 6.45) is 0.128. The van der Waals surface area contributed by atoms with Crippen LogP contribution in [0, 0.1) is 5.92 Å². The lowest BCUT2D eigenvalue weighted by atomic mass is 9.97. The third-order valence-corrected chi connectivity index (χ3v) is 9.17. The van der Waals surface area contributed by atoms with Gasteiger partial charge in [-0.2, -0.15) is 0 Å². The van der Waals surface area contributed by atoms with E-state index >= 15 is 0 Å². The summed E-state index contributed by atoms with van der Waals surface area (Å²) in [5, 5.41) is 9.04. The van der Waals surface area contributed by atoms with Crippen LogP contribution in [0.2, 0.25) is 0 Å². The van der Waals surface area contributed by atoms with E-state index in [1.54, 1.807) is 12.1 Å². The lowest BCUT2D eigenvalue weighted by Gasteiger charge is -2.29. The van der Waals surface area contributed by atoms with Crippen molar-refractivity contribution in [3.8, 4) is 0 Å². The molecule has 1 amide bonds. The van der Waals surface area contributed by atoms with Crippen LogP contribution in [0.25, 0.3) is 0 Å². The maximum atomic E-state index is 13.0. The van der Waals surface area contributed by atoms with Gasteiger partial charge in [0.15, 0.2) is 0 Å². The van der Waals surface area contributed by atoms with E-state index < -0.39 is 26.1 Å². The van der Waals surface area contributed by atoms with Gasteiger partial charge >= 0.3 is 6.09 Å². The molecule has 0 spiro atoms. The Labute approximate surface area is 211 Å². The minimum Gasteiger partial charge on any atom is -0.465 e. The third kappa shape index (κ3) is 6.46. The molecule has 0 bridgehead atoms. The number of likely N-dealkylation sites (tertiary alicyclic amines) is 1. The highest BCUT2D eigenvalue weighted by molar-refractivity contribution is 7.93. The number of ether oxygens (including phenoxy) is 1. The number of nitrogens with one attached hydrogen (secondary N) is 2. The summed E-state index contributed by atoms with van der Waals surface area (Å²) >= 11 is 0. The van der Waals surface area contributed by atoms with Crippen LogP contribution in [0.5, 0.6) is 0 Å². The topological polar surface area (TPSA) is 145 Å². The molecule has 0 unspecified atom stereocenters. The Morgan fingerprint density at radius 2 is 1.53 bits per heavy atom. The van der Waals surface area contributed by atoms with Gasteiger partial charge in [0.1, 0.15) is 0 Å². The Kier molecular flexibility index (Phi) is 8.03. The number of morpholine rings is 1. The van der Waals surface area contributed by atoms with Gasteiger partial charge in [0.25, 0.3) is 10.0 Å². The first-order valence-corrected chi connectivity index (χ1v) is 14.6. The number of hydrogen-bond acceptors (Lipinski definition) is 7. The number of piperidine rings is 1. The molecule has 0 aromatic heterocycles. The van der Waals surface area contributed by atoms with E-state index in [0.717, 1.165) is 24.8 Å². The summed E-state index contributed by atoms with van der Waals surface area (Å²) in [6, 6.07) is 12.2. The highest BCUT2D eigenvalue weighted by Gasteiger charge is 2.25. The summed E-state index contributed by atoms with van der Waals surface area (Å²) < 4.78 is 61.9. The summed E-state index contributed by atoms with van der Waals surface area (Å²) in [4.78, 5) is 14.2. The summed E-state index contributed by atoms with van der Waals surface area (Å²) in [7, 11) is -7.97. The van der Waals surface area contributed by atoms with Crippen molar-refractivity contribution in [2.24, 2.45) is 5.92 Å². The van der Waals surface area contributed by atoms with Crippen LogP contribution in [-0.4, -0.2) is 78.9 Å². The van der Waals surface area contributed by atoms with E-state index in [1.807, 2.05) is 12.1 Å². The Hall–Kier alpha value is -2.87. The predicted octanol–water partition coefficient (Wildman–Crippen LogP) is 1.99. The maximum absolute atomic E-state index is 13.0. The molecule has 11 nitrogen and oxygen atoms in total. The van der Waals surface area contributed by atoms with Crippen molar-refractivity contribution < 1.29 is 31.5 Å². The van der Waals surface area contributed by atoms with Crippen LogP contribution in [0.4, 0.5) is 16.2 Å². The van der Waals surface area contributed by atoms with Crippen molar-refractivity contribution in [1.82, 2.24) is 9.62 Å². The monoisotopic (exact) mass is 538 g/mol. The average molecular weight is 539 g/mol. The standard InChI is InChI=1S/C23H30N4O7S2/c28-23(29)27-10-8-18(9-11-27)17-24-35(30,31)21-2-1-3-22(16-21)36(32,33)25-19-4-6-20(7-5-19)26-12-14-34-15-13-26/h1-7,16,18,24-25H,8-15,17H2,(H,28,29). The molecule has 2 aromatic rings. The molecule has 196 valence electrons. The molecule has 2 fully saturated rings. The zero-order valence-electron chi connectivity index (χ0n) is 19.7. The SMILES string of the molecule is O=C(O)N1CCC(CNS(=O)(=O)c2cccc(S(=O)(=O)Nc3ccc(N4CCOCC4)cc3)c2)CC1. The second-order valence-corrected chi connectivity index (χ2v) is 12.2. The maximum Gasteiger partial charge on any atom is 0.407 e. The van der Waals surface area contributed by atoms with Crippen LogP contribution in [0.1, 0.15) is 12.8 Å². The molecule has 0 saturated carbocycles. The number of carboxylic acid groups (broad SMARTS) is 1. The Morgan fingerprint density at radius 3 is 2.14 bits per heavy atom. The first kappa shape index (κ1) is 26.2. The molecule has 0 atom stereocenters. The molecular weight excluding hydrogens is 508 g/mol. The number of rotatable bonds is 8. The largest absolute Gasteiger partial charge is 0.465 e. The number of amides is 1. The number of benzene rings is 2. The molecule has 13 heteroatoms. The number of sulfonamides is 2. The smallest absolute Gasteiger partial charge is 0.407 e. The molecular formula is C23H30N4O7S2. The highest BCUT2D eigenvalue weighted by Crippen LogP contribution is 2.23. The Morgan fingerprint density at radius 1 is 0.917 bits per heavy atom. The number of nitrogens with zero attached hydrogens (tertiary/aromatic N) is 2. The molecule has 2 aliphatic rings. The fourth-order valence-corrected chi connectivity index (χ4v) is 6.56. The number of carbonyl (C=O) groups is 1. The molecule has 3 N–H and O–H groups in total. The van der Waals surface area contributed by atoms with Gasteiger partial charge in [-0.1, -0.05) is 6.07 Å². The Bertz CT molecular complexity index is 1270. The molecule has 4 rings (SSSR count). The number of hydrogen-bond donors (Lipinski definition) is 3. The van der Waals surface area contributed by atoms with Crippen LogP contribution < -0.4 is 14.3 Å². The molecule has 2 aromatic carbocycles. The van der Waals surface area contributed by atoms with E-state index in [9.17, 15) is 21.6 Å². The van der Waals surface area contributed by atoms with Crippen molar-refractivity contribution in [3.63, 3.8) is 0 Å². The van der Waals surface area contributed by atoms with Gasteiger partial charge in [-0.15, -0.1) is 0 Å². The van der Waals surface area contributed by atoms with Crippen LogP contribution in [-0.2, 0) is 24.8 Å². The molecule has 36 heavy (non-hydrogen) atoms. The van der Waals surface area contributed by atoms with Crippen molar-refractivity contribution >= 4 is 37.5 Å². The summed E-state index contributed by atoms with van der Waals surface area (Å²) in [5.74, 6) is 0.00407. The zero-order valence-corrected chi connectivity index (χ0v) is 21.3. The van der Waals surface area contributed by atoms with E-state index in [1.165, 1.54) is 23.1 Å². The molecule has 2 saturated heterocycles. The molecule has 2 heterocycles. The van der Waals surface area contributed by atoms with Crippen LogP contribution in [0.3, 0.4) is 0 Å². The average Bonchev–Trinajstić information content (AvgIpc) is 2.88. The van der Waals surface area contributed by atoms with Gasteiger partial charge in [-0.05, 0) is 61.2 Å². The second kappa shape index (κ2) is 11.0. The van der Waals surface area contributed by atoms with Crippen molar-refractivity contribution in [2.75, 3.05) is 55.6 Å². The molecule has 0 aliphatic carbocycles. The van der Waals surface area contributed by atoms with E-state index in [2.05, 4.69) is 14.3 Å². The van der Waals surface area contributed by atoms with Crippen LogP contribution in [0.15, 0.2) is 58.3 Å². The molecule has 0 radical (unpaired) electrons. The molecule has 2 aliphatic heterocycles. The summed E-state index contributed by atoms with van der Waals surface area (Å²) in [6.45, 7) is 3.69. The summed E-state index contributed by atoms with van der Waals surface area (Å²) in [5.41, 5.74) is 1.33. The second-order valence-electron chi connectivity index (χ2n) is 8.79. The van der Waals surface area contributed by atoms with Crippen molar-refractivity contribution in [1.29, 1.82) is 0 Å². The lowest BCUT2D eigenvalue weighted by Crippen LogP contribution is -2.40. The van der Waals surface area contributed by atoms with Gasteiger partial charge in [-0.25, -0.2) is 26.4 Å². The fourth-order valence-electron chi connectivity index (χ4n) is 4.22. The van der Waals surface area contributed by atoms with Crippen molar-refractivity contribution in [2.45, 2.75) is 22.6 Å². The minimum atomic E-state index is -4.02. The number of anilines is 2. The lowest BCUT2D eigenvalue weighted by molar-refractivity contribution is 0.122. The van der Waals surface area contributed by atoms with E-state index in [4.69, 9.17) is 9.84 Å². The van der Waals surface area contributed by atoms with Gasteiger partial charge < -0.3 is 19.6 Å². The van der Waals surface area contributed by atoms with Crippen LogP contribution >= 0.6 is 0 Å². The van der Waals surface area contributed by atoms with E-state index in [-0.39, 0.29) is 22.3 Å².